The Morgan fingerprint density at radius 1 is 1.14 bits per heavy atom. The van der Waals surface area contributed by atoms with Crippen LogP contribution < -0.4 is 5.32 Å². The molecule has 2 atom stereocenters. The lowest BCUT2D eigenvalue weighted by Crippen LogP contribution is -2.40. The summed E-state index contributed by atoms with van der Waals surface area (Å²) in [5, 5.41) is 3.37. The molecule has 1 N–H and O–H groups in total. The summed E-state index contributed by atoms with van der Waals surface area (Å²) >= 11 is 1.90. The first-order valence-electron chi connectivity index (χ1n) is 10.4. The molecule has 2 saturated heterocycles. The second kappa shape index (κ2) is 10.6. The monoisotopic (exact) mass is 428 g/mol. The van der Waals surface area contributed by atoms with E-state index in [2.05, 4.69) is 41.4 Å². The Labute approximate surface area is 175 Å². The number of thioether (sulfide) groups is 1. The van der Waals surface area contributed by atoms with E-state index in [1.165, 1.54) is 9.80 Å². The Morgan fingerprint density at radius 2 is 1.90 bits per heavy atom. The molecule has 2 aliphatic heterocycles. The van der Waals surface area contributed by atoms with Crippen LogP contribution in [0.15, 0.2) is 40.2 Å². The van der Waals surface area contributed by atoms with Gasteiger partial charge in [-0.05, 0) is 50.3 Å². The number of nitrogens with one attached hydrogen (secondary N) is 1. The van der Waals surface area contributed by atoms with E-state index < -0.39 is 12.7 Å². The van der Waals surface area contributed by atoms with Gasteiger partial charge >= 0.3 is 6.18 Å². The van der Waals surface area contributed by atoms with Crippen molar-refractivity contribution in [3.8, 4) is 0 Å². The maximum Gasteiger partial charge on any atom is 0.401 e. The number of hydrogen-bond acceptors (Lipinski definition) is 3. The Morgan fingerprint density at radius 3 is 2.62 bits per heavy atom. The summed E-state index contributed by atoms with van der Waals surface area (Å²) < 4.78 is 37.7. The molecule has 8 heteroatoms. The second-order valence-electron chi connectivity index (χ2n) is 7.92. The van der Waals surface area contributed by atoms with Gasteiger partial charge in [-0.25, -0.2) is 0 Å². The fourth-order valence-corrected chi connectivity index (χ4v) is 5.04. The van der Waals surface area contributed by atoms with Crippen molar-refractivity contribution in [2.24, 2.45) is 16.8 Å². The van der Waals surface area contributed by atoms with Gasteiger partial charge in [-0.1, -0.05) is 18.2 Å². The fraction of sp³-hybridized carbons (Fsp3) is 0.667. The lowest BCUT2D eigenvalue weighted by Gasteiger charge is -2.22. The topological polar surface area (TPSA) is 30.9 Å². The van der Waals surface area contributed by atoms with Crippen LogP contribution in [0.1, 0.15) is 19.8 Å². The molecule has 0 aromatic heterocycles. The first-order valence-corrected chi connectivity index (χ1v) is 11.4. The molecule has 2 unspecified atom stereocenters. The molecule has 1 aromatic carbocycles. The normalized spacial score (nSPS) is 23.7. The maximum atomic E-state index is 12.6. The van der Waals surface area contributed by atoms with Crippen molar-refractivity contribution in [3.05, 3.63) is 30.3 Å². The average Bonchev–Trinajstić information content (AvgIpc) is 3.32. The Hall–Kier alpha value is -1.41. The first-order chi connectivity index (χ1) is 13.9. The third kappa shape index (κ3) is 7.41. The predicted molar refractivity (Wildman–Crippen MR) is 113 cm³/mol. The van der Waals surface area contributed by atoms with E-state index in [4.69, 9.17) is 4.99 Å². The number of aliphatic imine (C=N–C) groups is 1. The van der Waals surface area contributed by atoms with E-state index >= 15 is 0 Å². The Balaban J connectivity index is 1.47. The quantitative estimate of drug-likeness (QED) is 0.405. The lowest BCUT2D eigenvalue weighted by molar-refractivity contribution is -0.143. The van der Waals surface area contributed by atoms with E-state index in [9.17, 15) is 13.2 Å². The summed E-state index contributed by atoms with van der Waals surface area (Å²) in [6.07, 6.45) is -2.18. The van der Waals surface area contributed by atoms with Gasteiger partial charge in [0.05, 0.1) is 6.54 Å². The summed E-state index contributed by atoms with van der Waals surface area (Å²) in [5.74, 6) is 2.83. The van der Waals surface area contributed by atoms with Crippen LogP contribution in [0.3, 0.4) is 0 Å². The van der Waals surface area contributed by atoms with Crippen LogP contribution in [0.5, 0.6) is 0 Å². The highest BCUT2D eigenvalue weighted by molar-refractivity contribution is 7.99. The van der Waals surface area contributed by atoms with Crippen LogP contribution in [0, 0.1) is 11.8 Å². The van der Waals surface area contributed by atoms with Crippen molar-refractivity contribution in [2.75, 3.05) is 51.6 Å². The molecule has 0 spiro atoms. The van der Waals surface area contributed by atoms with Gasteiger partial charge in [-0.3, -0.25) is 9.89 Å². The molecule has 162 valence electrons. The molecule has 1 aromatic rings. The van der Waals surface area contributed by atoms with Crippen LogP contribution >= 0.6 is 11.8 Å². The molecular weight excluding hydrogens is 397 g/mol. The van der Waals surface area contributed by atoms with Gasteiger partial charge in [-0.15, -0.1) is 11.8 Å². The van der Waals surface area contributed by atoms with Gasteiger partial charge in [0.25, 0.3) is 0 Å². The van der Waals surface area contributed by atoms with Gasteiger partial charge < -0.3 is 10.2 Å². The molecule has 0 saturated carbocycles. The van der Waals surface area contributed by atoms with Crippen molar-refractivity contribution in [3.63, 3.8) is 0 Å². The zero-order valence-electron chi connectivity index (χ0n) is 17.0. The van der Waals surface area contributed by atoms with Crippen LogP contribution in [0.4, 0.5) is 13.2 Å². The van der Waals surface area contributed by atoms with Gasteiger partial charge in [0, 0.05) is 43.4 Å². The van der Waals surface area contributed by atoms with E-state index in [1.54, 1.807) is 0 Å². The van der Waals surface area contributed by atoms with Crippen LogP contribution in [-0.4, -0.2) is 73.5 Å². The minimum Gasteiger partial charge on any atom is -0.357 e. The SMILES string of the molecule is CCNC(=NCC1CCN(CC(F)(F)F)C1)N1CCC(CSc2ccccc2)C1. The molecule has 4 nitrogen and oxygen atoms in total. The third-order valence-electron chi connectivity index (χ3n) is 5.42. The minimum absolute atomic E-state index is 0.207. The van der Waals surface area contributed by atoms with Crippen LogP contribution in [0.2, 0.25) is 0 Å². The van der Waals surface area contributed by atoms with Crippen molar-refractivity contribution < 1.29 is 13.2 Å². The van der Waals surface area contributed by atoms with Crippen molar-refractivity contribution >= 4 is 17.7 Å². The highest BCUT2D eigenvalue weighted by Crippen LogP contribution is 2.26. The number of nitrogens with zero attached hydrogens (tertiary/aromatic N) is 3. The third-order valence-corrected chi connectivity index (χ3v) is 6.66. The number of guanidine groups is 1. The van der Waals surface area contributed by atoms with E-state index in [1.807, 2.05) is 17.8 Å². The van der Waals surface area contributed by atoms with Crippen LogP contribution in [0.25, 0.3) is 0 Å². The number of halogens is 3. The highest BCUT2D eigenvalue weighted by Gasteiger charge is 2.34. The maximum absolute atomic E-state index is 12.6. The predicted octanol–water partition coefficient (Wildman–Crippen LogP) is 3.95. The summed E-state index contributed by atoms with van der Waals surface area (Å²) in [4.78, 5) is 9.89. The summed E-state index contributed by atoms with van der Waals surface area (Å²) in [6.45, 7) is 5.60. The van der Waals surface area contributed by atoms with Crippen molar-refractivity contribution in [2.45, 2.75) is 30.8 Å². The molecule has 0 bridgehead atoms. The summed E-state index contributed by atoms with van der Waals surface area (Å²) in [5.41, 5.74) is 0. The standard InChI is InChI=1S/C21H31F3N4S/c1-2-25-20(26-12-17-8-10-27(13-17)16-21(22,23)24)28-11-9-18(14-28)15-29-19-6-4-3-5-7-19/h3-7,17-18H,2,8-16H2,1H3,(H,25,26). The molecular formula is C21H31F3N4S. The molecule has 2 aliphatic rings. The van der Waals surface area contributed by atoms with Gasteiger partial charge in [0.1, 0.15) is 0 Å². The molecule has 0 aliphatic carbocycles. The van der Waals surface area contributed by atoms with Gasteiger partial charge in [0.2, 0.25) is 0 Å². The van der Waals surface area contributed by atoms with Gasteiger partial charge in [-0.2, -0.15) is 13.2 Å². The largest absolute Gasteiger partial charge is 0.401 e. The summed E-state index contributed by atoms with van der Waals surface area (Å²) in [7, 11) is 0. The molecule has 2 heterocycles. The number of likely N-dealkylation sites (tertiary alicyclic amines) is 2. The lowest BCUT2D eigenvalue weighted by atomic mass is 10.1. The minimum atomic E-state index is -4.12. The van der Waals surface area contributed by atoms with E-state index in [0.717, 1.165) is 44.2 Å². The van der Waals surface area contributed by atoms with Gasteiger partial charge in [0.15, 0.2) is 5.96 Å². The molecule has 29 heavy (non-hydrogen) atoms. The van der Waals surface area contributed by atoms with Crippen molar-refractivity contribution in [1.29, 1.82) is 0 Å². The smallest absolute Gasteiger partial charge is 0.357 e. The number of benzene rings is 1. The second-order valence-corrected chi connectivity index (χ2v) is 9.02. The highest BCUT2D eigenvalue weighted by atomic mass is 32.2. The first kappa shape index (κ1) is 22.3. The van der Waals surface area contributed by atoms with Crippen LogP contribution in [-0.2, 0) is 0 Å². The zero-order chi connectivity index (χ0) is 20.7. The molecule has 0 radical (unpaired) electrons. The fourth-order valence-electron chi connectivity index (χ4n) is 3.99. The van der Waals surface area contributed by atoms with E-state index in [-0.39, 0.29) is 5.92 Å². The average molecular weight is 429 g/mol. The molecule has 2 fully saturated rings. The van der Waals surface area contributed by atoms with Crippen molar-refractivity contribution in [1.82, 2.24) is 15.1 Å². The summed E-state index contributed by atoms with van der Waals surface area (Å²) in [6, 6.07) is 10.5. The molecule has 3 rings (SSSR count). The van der Waals surface area contributed by atoms with E-state index in [0.29, 0.717) is 25.6 Å². The Kier molecular flexibility index (Phi) is 8.12. The zero-order valence-corrected chi connectivity index (χ0v) is 17.8. The Bertz CT molecular complexity index is 653. The molecule has 0 amide bonds. The number of alkyl halides is 3. The number of hydrogen-bond donors (Lipinski definition) is 1. The number of rotatable bonds is 7.